The zero-order valence-electron chi connectivity index (χ0n) is 13.4. The first-order chi connectivity index (χ1) is 11.7. The number of aliphatic hydroxyl groups is 1. The van der Waals surface area contributed by atoms with Crippen LogP contribution in [0.1, 0.15) is 17.4 Å². The number of nitrogens with one attached hydrogen (secondary N) is 1. The van der Waals surface area contributed by atoms with Gasteiger partial charge in [-0.3, -0.25) is 0 Å². The van der Waals surface area contributed by atoms with Crippen molar-refractivity contribution >= 4 is 33.1 Å². The highest BCUT2D eigenvalue weighted by molar-refractivity contribution is 7.18. The molecule has 4 heterocycles. The molecule has 0 amide bonds. The number of fused-ring (bicyclic) bond motifs is 3. The summed E-state index contributed by atoms with van der Waals surface area (Å²) in [6.45, 7) is 4.65. The summed E-state index contributed by atoms with van der Waals surface area (Å²) in [7, 11) is 0. The highest BCUT2D eigenvalue weighted by Gasteiger charge is 2.20. The molecule has 7 nitrogen and oxygen atoms in total. The Morgan fingerprint density at radius 2 is 2.25 bits per heavy atom. The second-order valence-electron chi connectivity index (χ2n) is 5.40. The molecule has 4 aromatic heterocycles. The van der Waals surface area contributed by atoms with Crippen molar-refractivity contribution in [1.82, 2.24) is 19.6 Å². The van der Waals surface area contributed by atoms with Crippen molar-refractivity contribution in [3.8, 4) is 11.6 Å². The molecule has 0 aliphatic rings. The van der Waals surface area contributed by atoms with Crippen LogP contribution in [0.15, 0.2) is 22.8 Å². The van der Waals surface area contributed by atoms with Crippen molar-refractivity contribution in [2.45, 2.75) is 20.3 Å². The van der Waals surface area contributed by atoms with Gasteiger partial charge in [-0.2, -0.15) is 4.52 Å². The van der Waals surface area contributed by atoms with Gasteiger partial charge in [-0.1, -0.05) is 6.92 Å². The molecular formula is C16H17N5O2S. The monoisotopic (exact) mass is 343 g/mol. The summed E-state index contributed by atoms with van der Waals surface area (Å²) in [5.74, 6) is 1.71. The highest BCUT2D eigenvalue weighted by atomic mass is 32.1. The molecule has 0 fully saturated rings. The molecule has 4 rings (SSSR count). The molecule has 0 aliphatic carbocycles. The van der Waals surface area contributed by atoms with Gasteiger partial charge in [-0.15, -0.1) is 16.4 Å². The maximum atomic E-state index is 9.11. The van der Waals surface area contributed by atoms with Crippen LogP contribution >= 0.6 is 11.3 Å². The third-order valence-electron chi connectivity index (χ3n) is 3.92. The second kappa shape index (κ2) is 5.88. The van der Waals surface area contributed by atoms with Crippen molar-refractivity contribution in [2.24, 2.45) is 0 Å². The topological polar surface area (TPSA) is 88.5 Å². The summed E-state index contributed by atoms with van der Waals surface area (Å²) in [4.78, 5) is 11.6. The van der Waals surface area contributed by atoms with Crippen LogP contribution in [0.5, 0.6) is 0 Å². The van der Waals surface area contributed by atoms with E-state index in [-0.39, 0.29) is 6.61 Å². The molecule has 0 atom stereocenters. The predicted molar refractivity (Wildman–Crippen MR) is 93.6 cm³/mol. The number of nitrogens with zero attached hydrogens (tertiary/aromatic N) is 4. The van der Waals surface area contributed by atoms with Gasteiger partial charge in [-0.25, -0.2) is 9.97 Å². The van der Waals surface area contributed by atoms with Crippen molar-refractivity contribution in [2.75, 3.05) is 18.5 Å². The van der Waals surface area contributed by atoms with Crippen LogP contribution in [-0.4, -0.2) is 37.8 Å². The molecule has 124 valence electrons. The van der Waals surface area contributed by atoms with Crippen molar-refractivity contribution < 1.29 is 9.52 Å². The molecular weight excluding hydrogens is 326 g/mol. The molecule has 0 saturated carbocycles. The lowest BCUT2D eigenvalue weighted by atomic mass is 10.1. The summed E-state index contributed by atoms with van der Waals surface area (Å²) in [6.07, 6.45) is 2.52. The van der Waals surface area contributed by atoms with Gasteiger partial charge >= 0.3 is 0 Å². The van der Waals surface area contributed by atoms with Crippen LogP contribution in [0.3, 0.4) is 0 Å². The van der Waals surface area contributed by atoms with Gasteiger partial charge in [0.1, 0.15) is 4.83 Å². The zero-order valence-corrected chi connectivity index (χ0v) is 14.2. The SMILES string of the molecule is CCc1c(C)sc2nc(NCCO)n3nc(-c4ccco4)nc3c12. The molecule has 8 heteroatoms. The average molecular weight is 343 g/mol. The number of anilines is 1. The normalized spacial score (nSPS) is 11.6. The van der Waals surface area contributed by atoms with Crippen LogP contribution in [0, 0.1) is 6.92 Å². The van der Waals surface area contributed by atoms with E-state index in [9.17, 15) is 0 Å². The van der Waals surface area contributed by atoms with Crippen molar-refractivity contribution in [1.29, 1.82) is 0 Å². The summed E-state index contributed by atoms with van der Waals surface area (Å²) in [5.41, 5.74) is 2.01. The Bertz CT molecular complexity index is 1000. The molecule has 0 bridgehead atoms. The van der Waals surface area contributed by atoms with Gasteiger partial charge in [0, 0.05) is 11.4 Å². The first-order valence-electron chi connectivity index (χ1n) is 7.80. The minimum Gasteiger partial charge on any atom is -0.461 e. The van der Waals surface area contributed by atoms with Crippen molar-refractivity contribution in [3.05, 3.63) is 28.8 Å². The third kappa shape index (κ3) is 2.26. The minimum absolute atomic E-state index is 0.0185. The standard InChI is InChI=1S/C16H17N5O2S/c1-3-10-9(2)24-15-12(10)14-18-13(11-5-4-8-23-11)20-21(14)16(19-15)17-6-7-22/h4-5,8,22H,3,6-7H2,1-2H3,(H,17,19). The number of furan rings is 1. The van der Waals surface area contributed by atoms with Crippen LogP contribution in [-0.2, 0) is 6.42 Å². The van der Waals surface area contributed by atoms with E-state index in [0.717, 1.165) is 22.3 Å². The lowest BCUT2D eigenvalue weighted by molar-refractivity contribution is 0.310. The van der Waals surface area contributed by atoms with E-state index < -0.39 is 0 Å². The lowest BCUT2D eigenvalue weighted by Gasteiger charge is -2.06. The average Bonchev–Trinajstić information content (AvgIpc) is 3.28. The number of hydrogen-bond acceptors (Lipinski definition) is 7. The Balaban J connectivity index is 2.04. The number of aromatic nitrogens is 4. The number of aryl methyl sites for hydroxylation is 2. The summed E-state index contributed by atoms with van der Waals surface area (Å²) in [5, 5.41) is 17.8. The summed E-state index contributed by atoms with van der Waals surface area (Å²) >= 11 is 1.65. The number of thiophene rings is 1. The molecule has 0 radical (unpaired) electrons. The molecule has 0 unspecified atom stereocenters. The van der Waals surface area contributed by atoms with E-state index in [1.54, 1.807) is 22.1 Å². The van der Waals surface area contributed by atoms with Crippen LogP contribution in [0.2, 0.25) is 0 Å². The molecule has 24 heavy (non-hydrogen) atoms. The van der Waals surface area contributed by atoms with E-state index in [4.69, 9.17) is 19.5 Å². The molecule has 2 N–H and O–H groups in total. The van der Waals surface area contributed by atoms with Gasteiger partial charge < -0.3 is 14.8 Å². The largest absolute Gasteiger partial charge is 0.461 e. The number of hydrogen-bond donors (Lipinski definition) is 2. The Kier molecular flexibility index (Phi) is 3.70. The van der Waals surface area contributed by atoms with E-state index >= 15 is 0 Å². The fourth-order valence-corrected chi connectivity index (χ4v) is 3.96. The number of aliphatic hydroxyl groups excluding tert-OH is 1. The second-order valence-corrected chi connectivity index (χ2v) is 6.61. The first-order valence-corrected chi connectivity index (χ1v) is 8.62. The smallest absolute Gasteiger partial charge is 0.227 e. The van der Waals surface area contributed by atoms with E-state index in [2.05, 4.69) is 24.3 Å². The fraction of sp³-hybridized carbons (Fsp3) is 0.312. The first kappa shape index (κ1) is 15.1. The number of rotatable bonds is 5. The third-order valence-corrected chi connectivity index (χ3v) is 4.96. The Labute approximate surface area is 142 Å². The van der Waals surface area contributed by atoms with E-state index in [0.29, 0.717) is 24.1 Å². The van der Waals surface area contributed by atoms with Gasteiger partial charge in [0.15, 0.2) is 11.4 Å². The van der Waals surface area contributed by atoms with Gasteiger partial charge in [0.05, 0.1) is 18.3 Å². The van der Waals surface area contributed by atoms with Crippen LogP contribution in [0.25, 0.3) is 27.4 Å². The molecule has 0 aliphatic heterocycles. The molecule has 0 spiro atoms. The van der Waals surface area contributed by atoms with Gasteiger partial charge in [0.25, 0.3) is 0 Å². The van der Waals surface area contributed by atoms with Crippen LogP contribution in [0.4, 0.5) is 5.95 Å². The van der Waals surface area contributed by atoms with Gasteiger partial charge in [-0.05, 0) is 31.0 Å². The van der Waals surface area contributed by atoms with E-state index in [1.165, 1.54) is 10.4 Å². The van der Waals surface area contributed by atoms with Crippen LogP contribution < -0.4 is 5.32 Å². The quantitative estimate of drug-likeness (QED) is 0.579. The fourth-order valence-electron chi connectivity index (χ4n) is 2.86. The molecule has 4 aromatic rings. The highest BCUT2D eigenvalue weighted by Crippen LogP contribution is 2.34. The maximum absolute atomic E-state index is 9.11. The lowest BCUT2D eigenvalue weighted by Crippen LogP contribution is -2.11. The van der Waals surface area contributed by atoms with Gasteiger partial charge in [0.2, 0.25) is 11.8 Å². The summed E-state index contributed by atoms with van der Waals surface area (Å²) < 4.78 is 7.12. The zero-order chi connectivity index (χ0) is 16.7. The predicted octanol–water partition coefficient (Wildman–Crippen LogP) is 2.87. The summed E-state index contributed by atoms with van der Waals surface area (Å²) in [6, 6.07) is 3.64. The van der Waals surface area contributed by atoms with E-state index in [1.807, 2.05) is 12.1 Å². The maximum Gasteiger partial charge on any atom is 0.227 e. The molecule has 0 aromatic carbocycles. The minimum atomic E-state index is 0.0185. The Morgan fingerprint density at radius 3 is 2.96 bits per heavy atom. The molecule has 0 saturated heterocycles. The Hall–Kier alpha value is -2.45. The van der Waals surface area contributed by atoms with Crippen molar-refractivity contribution in [3.63, 3.8) is 0 Å². The Morgan fingerprint density at radius 1 is 1.38 bits per heavy atom.